The van der Waals surface area contributed by atoms with Gasteiger partial charge >= 0.3 is 5.97 Å². The fourth-order valence-electron chi connectivity index (χ4n) is 1.38. The highest BCUT2D eigenvalue weighted by molar-refractivity contribution is 6.36. The molecule has 0 bridgehead atoms. The Morgan fingerprint density at radius 1 is 1.47 bits per heavy atom. The molecule has 0 atom stereocenters. The predicted octanol–water partition coefficient (Wildman–Crippen LogP) is -0.426. The van der Waals surface area contributed by atoms with Gasteiger partial charge in [-0.3, -0.25) is 9.59 Å². The van der Waals surface area contributed by atoms with Gasteiger partial charge in [0.05, 0.1) is 0 Å². The molecular weight excluding hydrogens is 226 g/mol. The summed E-state index contributed by atoms with van der Waals surface area (Å²) in [6.07, 6.45) is 0.177. The van der Waals surface area contributed by atoms with Crippen LogP contribution >= 0.6 is 0 Å². The van der Waals surface area contributed by atoms with Gasteiger partial charge in [0, 0.05) is 18.9 Å². The number of aliphatic carboxylic acids is 1. The van der Waals surface area contributed by atoms with E-state index in [2.05, 4.69) is 10.4 Å². The summed E-state index contributed by atoms with van der Waals surface area (Å²) in [5.41, 5.74) is -0.0954. The Hall–Kier alpha value is -1.92. The number of carbonyl (C=O) groups is 3. The summed E-state index contributed by atoms with van der Waals surface area (Å²) in [5, 5.41) is 15.9. The van der Waals surface area contributed by atoms with E-state index in [9.17, 15) is 14.4 Å². The summed E-state index contributed by atoms with van der Waals surface area (Å²) in [6, 6.07) is -0.0367. The Morgan fingerprint density at radius 2 is 2.12 bits per heavy atom. The molecule has 1 aliphatic rings. The number of nitrogens with zero attached hydrogens (tertiary/aromatic N) is 2. The molecule has 17 heavy (non-hydrogen) atoms. The van der Waals surface area contributed by atoms with Gasteiger partial charge in [0.1, 0.15) is 12.3 Å². The number of amides is 2. The second-order valence-electron chi connectivity index (χ2n) is 4.03. The number of hydrogen-bond donors (Lipinski definition) is 2. The van der Waals surface area contributed by atoms with Crippen LogP contribution in [0.4, 0.5) is 0 Å². The van der Waals surface area contributed by atoms with Crippen LogP contribution < -0.4 is 5.32 Å². The van der Waals surface area contributed by atoms with Crippen LogP contribution in [0.5, 0.6) is 0 Å². The minimum atomic E-state index is -1.16. The molecule has 1 heterocycles. The van der Waals surface area contributed by atoms with Crippen LogP contribution in [0.2, 0.25) is 0 Å². The van der Waals surface area contributed by atoms with E-state index < -0.39 is 5.97 Å². The van der Waals surface area contributed by atoms with Gasteiger partial charge in [0.15, 0.2) is 0 Å². The molecule has 0 fully saturated rings. The first kappa shape index (κ1) is 13.1. The summed E-state index contributed by atoms with van der Waals surface area (Å²) >= 11 is 0. The number of carboxylic acid groups (broad SMARTS) is 1. The maximum absolute atomic E-state index is 11.4. The van der Waals surface area contributed by atoms with Crippen LogP contribution in [0.3, 0.4) is 0 Å². The van der Waals surface area contributed by atoms with Crippen molar-refractivity contribution < 1.29 is 19.5 Å². The monoisotopic (exact) mass is 241 g/mol. The second-order valence-corrected chi connectivity index (χ2v) is 4.03. The third-order valence-corrected chi connectivity index (χ3v) is 2.09. The lowest BCUT2D eigenvalue weighted by Gasteiger charge is -2.22. The van der Waals surface area contributed by atoms with E-state index in [1.54, 1.807) is 13.8 Å². The maximum atomic E-state index is 11.4. The zero-order chi connectivity index (χ0) is 13.0. The molecule has 0 radical (unpaired) electrons. The number of rotatable bonds is 4. The van der Waals surface area contributed by atoms with Gasteiger partial charge in [-0.15, -0.1) is 0 Å². The van der Waals surface area contributed by atoms with Crippen LogP contribution in [0.25, 0.3) is 0 Å². The van der Waals surface area contributed by atoms with E-state index >= 15 is 0 Å². The zero-order valence-corrected chi connectivity index (χ0v) is 9.77. The summed E-state index contributed by atoms with van der Waals surface area (Å²) in [7, 11) is 0. The maximum Gasteiger partial charge on any atom is 0.352 e. The van der Waals surface area contributed by atoms with Gasteiger partial charge < -0.3 is 10.4 Å². The van der Waals surface area contributed by atoms with Crippen LogP contribution in [-0.2, 0) is 14.4 Å². The molecule has 0 unspecified atom stereocenters. The SMILES string of the molecule is CC(C)NC(=O)CN1N=C(C(=O)O)CCC1=O. The largest absolute Gasteiger partial charge is 0.477 e. The molecule has 7 nitrogen and oxygen atoms in total. The van der Waals surface area contributed by atoms with Crippen LogP contribution in [0, 0.1) is 0 Å². The molecule has 0 aromatic rings. The highest BCUT2D eigenvalue weighted by atomic mass is 16.4. The Morgan fingerprint density at radius 3 is 2.65 bits per heavy atom. The van der Waals surface area contributed by atoms with E-state index in [4.69, 9.17) is 5.11 Å². The second kappa shape index (κ2) is 5.42. The predicted molar refractivity (Wildman–Crippen MR) is 59.3 cm³/mol. The quantitative estimate of drug-likeness (QED) is 0.697. The van der Waals surface area contributed by atoms with Gasteiger partial charge in [-0.2, -0.15) is 5.10 Å². The zero-order valence-electron chi connectivity index (χ0n) is 9.77. The van der Waals surface area contributed by atoms with Crippen molar-refractivity contribution in [2.24, 2.45) is 5.10 Å². The van der Waals surface area contributed by atoms with Gasteiger partial charge in [0.25, 0.3) is 0 Å². The van der Waals surface area contributed by atoms with E-state index in [-0.39, 0.29) is 43.0 Å². The fraction of sp³-hybridized carbons (Fsp3) is 0.600. The number of carboxylic acids is 1. The highest BCUT2D eigenvalue weighted by Gasteiger charge is 2.25. The first-order valence-electron chi connectivity index (χ1n) is 5.30. The van der Waals surface area contributed by atoms with Gasteiger partial charge in [-0.25, -0.2) is 9.80 Å². The van der Waals surface area contributed by atoms with Crippen molar-refractivity contribution in [3.05, 3.63) is 0 Å². The molecule has 0 aromatic heterocycles. The standard InChI is InChI=1S/C10H15N3O4/c1-6(2)11-8(14)5-13-9(15)4-3-7(12-13)10(16)17/h6H,3-5H2,1-2H3,(H,11,14)(H,16,17). The Labute approximate surface area is 98.5 Å². The van der Waals surface area contributed by atoms with E-state index in [0.717, 1.165) is 5.01 Å². The molecule has 1 aliphatic heterocycles. The topological polar surface area (TPSA) is 99.1 Å². The Kier molecular flexibility index (Phi) is 4.19. The molecule has 0 saturated heterocycles. The van der Waals surface area contributed by atoms with Crippen molar-refractivity contribution in [1.29, 1.82) is 0 Å². The number of hydrogen-bond acceptors (Lipinski definition) is 4. The normalized spacial score (nSPS) is 15.8. The average Bonchev–Trinajstić information content (AvgIpc) is 2.19. The van der Waals surface area contributed by atoms with Crippen LogP contribution in [0.15, 0.2) is 5.10 Å². The lowest BCUT2D eigenvalue weighted by molar-refractivity contribution is -0.137. The van der Waals surface area contributed by atoms with E-state index in [1.807, 2.05) is 0 Å². The third kappa shape index (κ3) is 3.86. The number of nitrogens with one attached hydrogen (secondary N) is 1. The van der Waals surface area contributed by atoms with Crippen molar-refractivity contribution in [3.63, 3.8) is 0 Å². The lowest BCUT2D eigenvalue weighted by atomic mass is 10.2. The van der Waals surface area contributed by atoms with Gasteiger partial charge in [-0.05, 0) is 13.8 Å². The Balaban J connectivity index is 2.68. The van der Waals surface area contributed by atoms with Crippen LogP contribution in [-0.4, -0.2) is 46.2 Å². The number of carbonyl (C=O) groups excluding carboxylic acids is 2. The first-order valence-corrected chi connectivity index (χ1v) is 5.30. The van der Waals surface area contributed by atoms with Crippen molar-refractivity contribution in [2.75, 3.05) is 6.54 Å². The molecule has 1 rings (SSSR count). The van der Waals surface area contributed by atoms with Crippen molar-refractivity contribution in [3.8, 4) is 0 Å². The molecule has 94 valence electrons. The summed E-state index contributed by atoms with van der Waals surface area (Å²) < 4.78 is 0. The Bertz CT molecular complexity index is 376. The summed E-state index contributed by atoms with van der Waals surface area (Å²) in [6.45, 7) is 3.34. The van der Waals surface area contributed by atoms with Gasteiger partial charge in [0.2, 0.25) is 11.8 Å². The van der Waals surface area contributed by atoms with Crippen molar-refractivity contribution in [2.45, 2.75) is 32.7 Å². The molecule has 7 heteroatoms. The smallest absolute Gasteiger partial charge is 0.352 e. The lowest BCUT2D eigenvalue weighted by Crippen LogP contribution is -2.43. The average molecular weight is 241 g/mol. The molecule has 0 aromatic carbocycles. The first-order chi connectivity index (χ1) is 7.90. The number of hydrazone groups is 1. The summed E-state index contributed by atoms with van der Waals surface area (Å²) in [4.78, 5) is 33.6. The molecule has 2 N–H and O–H groups in total. The van der Waals surface area contributed by atoms with Crippen molar-refractivity contribution in [1.82, 2.24) is 10.3 Å². The molecule has 2 amide bonds. The summed E-state index contributed by atoms with van der Waals surface area (Å²) in [5.74, 6) is -1.86. The highest BCUT2D eigenvalue weighted by Crippen LogP contribution is 2.08. The fourth-order valence-corrected chi connectivity index (χ4v) is 1.38. The van der Waals surface area contributed by atoms with Crippen LogP contribution in [0.1, 0.15) is 26.7 Å². The third-order valence-electron chi connectivity index (χ3n) is 2.09. The van der Waals surface area contributed by atoms with Crippen molar-refractivity contribution >= 4 is 23.5 Å². The molecular formula is C10H15N3O4. The minimum absolute atomic E-state index is 0.0367. The molecule has 0 aliphatic carbocycles. The molecule has 0 spiro atoms. The van der Waals surface area contributed by atoms with E-state index in [0.29, 0.717) is 0 Å². The van der Waals surface area contributed by atoms with E-state index in [1.165, 1.54) is 0 Å². The van der Waals surface area contributed by atoms with Gasteiger partial charge in [-0.1, -0.05) is 0 Å². The molecule has 0 saturated carbocycles. The minimum Gasteiger partial charge on any atom is -0.477 e.